The van der Waals surface area contributed by atoms with Crippen LogP contribution in [0.15, 0.2) is 0 Å². The zero-order chi connectivity index (χ0) is 13.4. The molecule has 2 N–H and O–H groups in total. The van der Waals surface area contributed by atoms with Crippen molar-refractivity contribution in [1.82, 2.24) is 10.6 Å². The maximum Gasteiger partial charge on any atom is 0.234 e. The molecular formula is C14H30N2O. The molecule has 0 saturated carbocycles. The first-order chi connectivity index (χ1) is 7.86. The summed E-state index contributed by atoms with van der Waals surface area (Å²) in [6.07, 6.45) is 2.33. The highest BCUT2D eigenvalue weighted by Crippen LogP contribution is 2.08. The highest BCUT2D eigenvalue weighted by molar-refractivity contribution is 5.78. The monoisotopic (exact) mass is 242 g/mol. The topological polar surface area (TPSA) is 41.1 Å². The van der Waals surface area contributed by atoms with Gasteiger partial charge in [-0.3, -0.25) is 4.79 Å². The van der Waals surface area contributed by atoms with Gasteiger partial charge in [0.15, 0.2) is 0 Å². The lowest BCUT2D eigenvalue weighted by Gasteiger charge is -2.20. The Morgan fingerprint density at radius 3 is 2.18 bits per heavy atom. The average molecular weight is 242 g/mol. The minimum Gasteiger partial charge on any atom is -0.352 e. The number of carbonyl (C=O) groups is 1. The van der Waals surface area contributed by atoms with Gasteiger partial charge in [-0.2, -0.15) is 0 Å². The summed E-state index contributed by atoms with van der Waals surface area (Å²) in [5.74, 6) is 1.30. The van der Waals surface area contributed by atoms with E-state index in [1.165, 1.54) is 6.42 Å². The minimum absolute atomic E-state index is 0.0993. The molecule has 0 spiro atoms. The van der Waals surface area contributed by atoms with Gasteiger partial charge in [0.25, 0.3) is 0 Å². The summed E-state index contributed by atoms with van der Waals surface area (Å²) >= 11 is 0. The third-order valence-electron chi connectivity index (χ3n) is 3.45. The number of amides is 1. The van der Waals surface area contributed by atoms with Crippen LogP contribution in [0.3, 0.4) is 0 Å². The number of nitrogens with one attached hydrogen (secondary N) is 2. The molecule has 0 fully saturated rings. The maximum atomic E-state index is 11.6. The van der Waals surface area contributed by atoms with E-state index in [4.69, 9.17) is 0 Å². The Balaban J connectivity index is 3.76. The molecule has 0 aliphatic carbocycles. The van der Waals surface area contributed by atoms with E-state index in [2.05, 4.69) is 45.3 Å². The van der Waals surface area contributed by atoms with Crippen molar-refractivity contribution in [3.8, 4) is 0 Å². The van der Waals surface area contributed by atoms with Crippen LogP contribution >= 0.6 is 0 Å². The van der Waals surface area contributed by atoms with Crippen molar-refractivity contribution in [2.24, 2.45) is 11.8 Å². The van der Waals surface area contributed by atoms with E-state index in [1.54, 1.807) is 0 Å². The average Bonchev–Trinajstić information content (AvgIpc) is 2.25. The smallest absolute Gasteiger partial charge is 0.234 e. The molecule has 3 nitrogen and oxygen atoms in total. The van der Waals surface area contributed by atoms with Crippen molar-refractivity contribution in [1.29, 1.82) is 0 Å². The van der Waals surface area contributed by atoms with E-state index in [-0.39, 0.29) is 11.9 Å². The molecular weight excluding hydrogens is 212 g/mol. The second-order valence-corrected chi connectivity index (χ2v) is 5.63. The van der Waals surface area contributed by atoms with E-state index in [1.807, 2.05) is 6.92 Å². The number of hydrogen-bond acceptors (Lipinski definition) is 2. The lowest BCUT2D eigenvalue weighted by Crippen LogP contribution is -2.43. The standard InChI is InChI=1S/C14H30N2O/c1-7-11(4)8-12(5)15-9-14(17)16-13(6)10(2)3/h10-13,15H,7-9H2,1-6H3,(H,16,17). The van der Waals surface area contributed by atoms with E-state index >= 15 is 0 Å². The predicted octanol–water partition coefficient (Wildman–Crippen LogP) is 2.56. The second kappa shape index (κ2) is 8.51. The fraction of sp³-hybridized carbons (Fsp3) is 0.929. The molecule has 0 radical (unpaired) electrons. The SMILES string of the molecule is CCC(C)CC(C)NCC(=O)NC(C)C(C)C. The van der Waals surface area contributed by atoms with Crippen LogP contribution in [0.1, 0.15) is 54.4 Å². The molecule has 0 aromatic carbocycles. The van der Waals surface area contributed by atoms with Gasteiger partial charge in [0, 0.05) is 12.1 Å². The van der Waals surface area contributed by atoms with Crippen LogP contribution in [-0.4, -0.2) is 24.5 Å². The van der Waals surface area contributed by atoms with Gasteiger partial charge in [-0.15, -0.1) is 0 Å². The van der Waals surface area contributed by atoms with Crippen LogP contribution in [0.25, 0.3) is 0 Å². The van der Waals surface area contributed by atoms with Gasteiger partial charge in [0.1, 0.15) is 0 Å². The van der Waals surface area contributed by atoms with Crippen LogP contribution in [0, 0.1) is 11.8 Å². The molecule has 0 aromatic rings. The Morgan fingerprint density at radius 2 is 1.71 bits per heavy atom. The van der Waals surface area contributed by atoms with E-state index in [0.29, 0.717) is 18.5 Å². The van der Waals surface area contributed by atoms with Crippen molar-refractivity contribution in [2.75, 3.05) is 6.54 Å². The van der Waals surface area contributed by atoms with Crippen LogP contribution < -0.4 is 10.6 Å². The van der Waals surface area contributed by atoms with Crippen LogP contribution in [-0.2, 0) is 4.79 Å². The largest absolute Gasteiger partial charge is 0.352 e. The Kier molecular flexibility index (Phi) is 8.23. The van der Waals surface area contributed by atoms with Crippen molar-refractivity contribution in [2.45, 2.75) is 66.5 Å². The molecule has 0 heterocycles. The summed E-state index contributed by atoms with van der Waals surface area (Å²) in [4.78, 5) is 11.6. The Bertz CT molecular complexity index is 216. The van der Waals surface area contributed by atoms with E-state index in [0.717, 1.165) is 12.3 Å². The Morgan fingerprint density at radius 1 is 1.12 bits per heavy atom. The van der Waals surface area contributed by atoms with Gasteiger partial charge in [0.2, 0.25) is 5.91 Å². The zero-order valence-electron chi connectivity index (χ0n) is 12.3. The molecule has 0 aliphatic heterocycles. The summed E-state index contributed by atoms with van der Waals surface area (Å²) in [6.45, 7) is 13.3. The van der Waals surface area contributed by atoms with Gasteiger partial charge >= 0.3 is 0 Å². The molecule has 3 heteroatoms. The van der Waals surface area contributed by atoms with Gasteiger partial charge in [-0.05, 0) is 32.1 Å². The fourth-order valence-electron chi connectivity index (χ4n) is 1.59. The molecule has 0 rings (SSSR count). The third kappa shape index (κ3) is 8.19. The van der Waals surface area contributed by atoms with E-state index < -0.39 is 0 Å². The second-order valence-electron chi connectivity index (χ2n) is 5.63. The van der Waals surface area contributed by atoms with Crippen molar-refractivity contribution in [3.05, 3.63) is 0 Å². The molecule has 3 atom stereocenters. The van der Waals surface area contributed by atoms with Gasteiger partial charge in [0.05, 0.1) is 6.54 Å². The quantitative estimate of drug-likeness (QED) is 0.687. The van der Waals surface area contributed by atoms with E-state index in [9.17, 15) is 4.79 Å². The lowest BCUT2D eigenvalue weighted by molar-refractivity contribution is -0.121. The number of hydrogen-bond donors (Lipinski definition) is 2. The van der Waals surface area contributed by atoms with Gasteiger partial charge < -0.3 is 10.6 Å². The first kappa shape index (κ1) is 16.4. The molecule has 0 aliphatic rings. The molecule has 3 unspecified atom stereocenters. The molecule has 1 amide bonds. The lowest BCUT2D eigenvalue weighted by atomic mass is 10.0. The first-order valence-corrected chi connectivity index (χ1v) is 6.89. The van der Waals surface area contributed by atoms with Crippen LogP contribution in [0.2, 0.25) is 0 Å². The molecule has 102 valence electrons. The normalized spacial score (nSPS) is 16.6. The van der Waals surface area contributed by atoms with Crippen molar-refractivity contribution >= 4 is 5.91 Å². The van der Waals surface area contributed by atoms with Crippen molar-refractivity contribution in [3.63, 3.8) is 0 Å². The summed E-state index contributed by atoms with van der Waals surface area (Å²) < 4.78 is 0. The predicted molar refractivity (Wildman–Crippen MR) is 74.0 cm³/mol. The molecule has 0 saturated heterocycles. The maximum absolute atomic E-state index is 11.6. The van der Waals surface area contributed by atoms with Gasteiger partial charge in [-0.1, -0.05) is 34.1 Å². The number of rotatable bonds is 8. The van der Waals surface area contributed by atoms with Gasteiger partial charge in [-0.25, -0.2) is 0 Å². The number of carbonyl (C=O) groups excluding carboxylic acids is 1. The summed E-state index contributed by atoms with van der Waals surface area (Å²) in [5.41, 5.74) is 0. The highest BCUT2D eigenvalue weighted by Gasteiger charge is 2.12. The highest BCUT2D eigenvalue weighted by atomic mass is 16.1. The van der Waals surface area contributed by atoms with Crippen LogP contribution in [0.4, 0.5) is 0 Å². The minimum atomic E-state index is 0.0993. The molecule has 17 heavy (non-hydrogen) atoms. The summed E-state index contributed by atoms with van der Waals surface area (Å²) in [6, 6.07) is 0.652. The Hall–Kier alpha value is -0.570. The zero-order valence-corrected chi connectivity index (χ0v) is 12.3. The third-order valence-corrected chi connectivity index (χ3v) is 3.45. The first-order valence-electron chi connectivity index (χ1n) is 6.89. The van der Waals surface area contributed by atoms with Crippen molar-refractivity contribution < 1.29 is 4.79 Å². The summed E-state index contributed by atoms with van der Waals surface area (Å²) in [7, 11) is 0. The molecule has 0 bridgehead atoms. The molecule has 0 aromatic heterocycles. The van der Waals surface area contributed by atoms with Crippen LogP contribution in [0.5, 0.6) is 0 Å². The summed E-state index contributed by atoms with van der Waals surface area (Å²) in [5, 5.41) is 6.28. The fourth-order valence-corrected chi connectivity index (χ4v) is 1.59. The Labute approximate surface area is 107 Å².